The number of hydrogen-bond donors (Lipinski definition) is 2. The monoisotopic (exact) mass is 256 g/mol. The summed E-state index contributed by atoms with van der Waals surface area (Å²) in [4.78, 5) is 25.0. The van der Waals surface area contributed by atoms with Gasteiger partial charge < -0.3 is 10.4 Å². The highest BCUT2D eigenvalue weighted by molar-refractivity contribution is 5.82. The molecule has 18 heavy (non-hydrogen) atoms. The molecular formula is C13H24N2O3. The van der Waals surface area contributed by atoms with Crippen LogP contribution in [-0.4, -0.2) is 47.1 Å². The second-order valence-electron chi connectivity index (χ2n) is 5.19. The molecule has 3 unspecified atom stereocenters. The lowest BCUT2D eigenvalue weighted by Crippen LogP contribution is -2.55. The largest absolute Gasteiger partial charge is 0.480 e. The SMILES string of the molecule is CCCNC(=O)C(C)N1CCC(C)CC1C(=O)O. The van der Waals surface area contributed by atoms with E-state index < -0.39 is 12.0 Å². The molecule has 5 heteroatoms. The summed E-state index contributed by atoms with van der Waals surface area (Å²) in [5.41, 5.74) is 0. The average molecular weight is 256 g/mol. The molecule has 0 aliphatic carbocycles. The summed E-state index contributed by atoms with van der Waals surface area (Å²) in [6.07, 6.45) is 2.47. The van der Waals surface area contributed by atoms with Crippen molar-refractivity contribution in [2.45, 2.75) is 52.1 Å². The van der Waals surface area contributed by atoms with Crippen molar-refractivity contribution in [2.75, 3.05) is 13.1 Å². The van der Waals surface area contributed by atoms with Crippen molar-refractivity contribution in [3.63, 3.8) is 0 Å². The molecule has 1 amide bonds. The van der Waals surface area contributed by atoms with Gasteiger partial charge in [0.1, 0.15) is 6.04 Å². The third kappa shape index (κ3) is 3.70. The zero-order chi connectivity index (χ0) is 13.7. The van der Waals surface area contributed by atoms with Gasteiger partial charge in [0.2, 0.25) is 5.91 Å². The number of carboxylic acid groups (broad SMARTS) is 1. The number of amides is 1. The number of carboxylic acids is 1. The highest BCUT2D eigenvalue weighted by atomic mass is 16.4. The number of nitrogens with zero attached hydrogens (tertiary/aromatic N) is 1. The van der Waals surface area contributed by atoms with Crippen molar-refractivity contribution in [3.8, 4) is 0 Å². The van der Waals surface area contributed by atoms with Gasteiger partial charge in [-0.25, -0.2) is 0 Å². The van der Waals surface area contributed by atoms with Crippen molar-refractivity contribution in [1.29, 1.82) is 0 Å². The minimum absolute atomic E-state index is 0.0716. The minimum Gasteiger partial charge on any atom is -0.480 e. The van der Waals surface area contributed by atoms with Gasteiger partial charge >= 0.3 is 5.97 Å². The van der Waals surface area contributed by atoms with E-state index >= 15 is 0 Å². The van der Waals surface area contributed by atoms with Crippen molar-refractivity contribution >= 4 is 11.9 Å². The molecule has 0 aromatic carbocycles. The Kier molecular flexibility index (Phi) is 5.59. The predicted octanol–water partition coefficient (Wildman–Crippen LogP) is 1.09. The van der Waals surface area contributed by atoms with Crippen LogP contribution in [0.5, 0.6) is 0 Å². The summed E-state index contributed by atoms with van der Waals surface area (Å²) < 4.78 is 0. The Bertz CT molecular complexity index is 307. The molecule has 5 nitrogen and oxygen atoms in total. The number of rotatable bonds is 5. The Morgan fingerprint density at radius 2 is 2.17 bits per heavy atom. The molecule has 0 aromatic heterocycles. The van der Waals surface area contributed by atoms with E-state index in [1.54, 1.807) is 6.92 Å². The number of hydrogen-bond acceptors (Lipinski definition) is 3. The second-order valence-corrected chi connectivity index (χ2v) is 5.19. The second kappa shape index (κ2) is 6.73. The summed E-state index contributed by atoms with van der Waals surface area (Å²) >= 11 is 0. The minimum atomic E-state index is -0.823. The number of piperidine rings is 1. The molecule has 0 saturated carbocycles. The van der Waals surface area contributed by atoms with Crippen LogP contribution in [-0.2, 0) is 9.59 Å². The number of nitrogens with one attached hydrogen (secondary N) is 1. The maximum absolute atomic E-state index is 11.9. The van der Waals surface area contributed by atoms with Gasteiger partial charge in [0.15, 0.2) is 0 Å². The Morgan fingerprint density at radius 1 is 1.50 bits per heavy atom. The van der Waals surface area contributed by atoms with Gasteiger partial charge in [0.05, 0.1) is 6.04 Å². The third-order valence-corrected chi connectivity index (χ3v) is 3.62. The normalized spacial score (nSPS) is 26.6. The van der Waals surface area contributed by atoms with Crippen LogP contribution in [0.3, 0.4) is 0 Å². The molecule has 0 aromatic rings. The first-order valence-corrected chi connectivity index (χ1v) is 6.73. The molecule has 1 aliphatic heterocycles. The maximum Gasteiger partial charge on any atom is 0.320 e. The van der Waals surface area contributed by atoms with E-state index in [0.717, 1.165) is 12.8 Å². The summed E-state index contributed by atoms with van der Waals surface area (Å²) in [6, 6.07) is -0.902. The molecule has 0 radical (unpaired) electrons. The van der Waals surface area contributed by atoms with Crippen LogP contribution in [0, 0.1) is 5.92 Å². The first kappa shape index (κ1) is 15.0. The van der Waals surface area contributed by atoms with Crippen LogP contribution < -0.4 is 5.32 Å². The van der Waals surface area contributed by atoms with Crippen LogP contribution in [0.15, 0.2) is 0 Å². The Morgan fingerprint density at radius 3 is 2.72 bits per heavy atom. The van der Waals surface area contributed by atoms with Crippen LogP contribution in [0.2, 0.25) is 0 Å². The van der Waals surface area contributed by atoms with Crippen molar-refractivity contribution < 1.29 is 14.7 Å². The van der Waals surface area contributed by atoms with Crippen LogP contribution in [0.4, 0.5) is 0 Å². The number of carbonyl (C=O) groups excluding carboxylic acids is 1. The van der Waals surface area contributed by atoms with E-state index in [1.807, 2.05) is 11.8 Å². The van der Waals surface area contributed by atoms with Gasteiger partial charge in [-0.1, -0.05) is 13.8 Å². The molecule has 1 heterocycles. The van der Waals surface area contributed by atoms with Gasteiger partial charge in [-0.15, -0.1) is 0 Å². The molecule has 1 aliphatic rings. The molecule has 1 saturated heterocycles. The van der Waals surface area contributed by atoms with Crippen LogP contribution in [0.25, 0.3) is 0 Å². The smallest absolute Gasteiger partial charge is 0.320 e. The fourth-order valence-corrected chi connectivity index (χ4v) is 2.41. The van der Waals surface area contributed by atoms with E-state index in [-0.39, 0.29) is 11.9 Å². The quantitative estimate of drug-likeness (QED) is 0.772. The molecular weight excluding hydrogens is 232 g/mol. The number of aliphatic carboxylic acids is 1. The Hall–Kier alpha value is -1.10. The highest BCUT2D eigenvalue weighted by Gasteiger charge is 2.36. The van der Waals surface area contributed by atoms with Gasteiger partial charge in [-0.05, 0) is 32.1 Å². The lowest BCUT2D eigenvalue weighted by molar-refractivity contribution is -0.148. The first-order valence-electron chi connectivity index (χ1n) is 6.73. The Labute approximate surface area is 109 Å². The average Bonchev–Trinajstić information content (AvgIpc) is 2.34. The van der Waals surface area contributed by atoms with E-state index in [9.17, 15) is 14.7 Å². The van der Waals surface area contributed by atoms with Gasteiger partial charge in [0.25, 0.3) is 0 Å². The van der Waals surface area contributed by atoms with Gasteiger partial charge in [-0.2, -0.15) is 0 Å². The summed E-state index contributed by atoms with van der Waals surface area (Å²) in [6.45, 7) is 7.17. The Balaban J connectivity index is 2.66. The van der Waals surface area contributed by atoms with Gasteiger partial charge in [-0.3, -0.25) is 14.5 Å². The van der Waals surface area contributed by atoms with E-state index in [4.69, 9.17) is 0 Å². The van der Waals surface area contributed by atoms with Crippen molar-refractivity contribution in [2.24, 2.45) is 5.92 Å². The fourth-order valence-electron chi connectivity index (χ4n) is 2.41. The standard InChI is InChI=1S/C13H24N2O3/c1-4-6-14-12(16)10(3)15-7-5-9(2)8-11(15)13(17)18/h9-11H,4-8H2,1-3H3,(H,14,16)(H,17,18). The zero-order valence-electron chi connectivity index (χ0n) is 11.5. The van der Waals surface area contributed by atoms with Crippen LogP contribution in [0.1, 0.15) is 40.0 Å². The number of carbonyl (C=O) groups is 2. The fraction of sp³-hybridized carbons (Fsp3) is 0.846. The first-order chi connectivity index (χ1) is 8.47. The molecule has 104 valence electrons. The van der Waals surface area contributed by atoms with E-state index in [2.05, 4.69) is 12.2 Å². The highest BCUT2D eigenvalue weighted by Crippen LogP contribution is 2.24. The maximum atomic E-state index is 11.9. The van der Waals surface area contributed by atoms with E-state index in [1.165, 1.54) is 0 Å². The third-order valence-electron chi connectivity index (χ3n) is 3.62. The van der Waals surface area contributed by atoms with Crippen molar-refractivity contribution in [3.05, 3.63) is 0 Å². The lowest BCUT2D eigenvalue weighted by atomic mass is 9.91. The molecule has 0 bridgehead atoms. The topological polar surface area (TPSA) is 69.6 Å². The molecule has 1 fully saturated rings. The summed E-state index contributed by atoms with van der Waals surface area (Å²) in [7, 11) is 0. The predicted molar refractivity (Wildman–Crippen MR) is 69.3 cm³/mol. The van der Waals surface area contributed by atoms with Crippen LogP contribution >= 0.6 is 0 Å². The molecule has 3 atom stereocenters. The molecule has 2 N–H and O–H groups in total. The summed E-state index contributed by atoms with van der Waals surface area (Å²) in [5, 5.41) is 12.1. The molecule has 1 rings (SSSR count). The van der Waals surface area contributed by atoms with Gasteiger partial charge in [0, 0.05) is 13.1 Å². The summed E-state index contributed by atoms with van der Waals surface area (Å²) in [5.74, 6) is -0.484. The molecule has 0 spiro atoms. The van der Waals surface area contributed by atoms with Crippen molar-refractivity contribution in [1.82, 2.24) is 10.2 Å². The zero-order valence-corrected chi connectivity index (χ0v) is 11.5. The van der Waals surface area contributed by atoms with E-state index in [0.29, 0.717) is 25.4 Å². The number of likely N-dealkylation sites (tertiary alicyclic amines) is 1. The lowest BCUT2D eigenvalue weighted by Gasteiger charge is -2.39.